The van der Waals surface area contributed by atoms with Crippen LogP contribution in [0.5, 0.6) is 0 Å². The minimum atomic E-state index is -3.23. The third-order valence-corrected chi connectivity index (χ3v) is 9.28. The standard InChI is InChI=1S/C24H21N3O5S3/c1-14-5-4-6-15(11-14)25-19(28)12-26-18-8-3-2-7-17(18)20(22(26)29)21-23(30)27(24(33)34-21)16-9-10-35(31,32)13-16/h2-8,11,16H,9-10,12-13H2,1H3,(H,25,28)/b21-20-/t16-/m0/s1. The molecule has 0 saturated carbocycles. The molecule has 3 heterocycles. The van der Waals surface area contributed by atoms with Gasteiger partial charge >= 0.3 is 0 Å². The summed E-state index contributed by atoms with van der Waals surface area (Å²) in [6.07, 6.45) is 0.313. The number of sulfone groups is 1. The number of amides is 3. The van der Waals surface area contributed by atoms with Crippen molar-refractivity contribution >= 4 is 72.8 Å². The second-order valence-electron chi connectivity index (χ2n) is 8.63. The number of rotatable bonds is 4. The highest BCUT2D eigenvalue weighted by atomic mass is 32.2. The fourth-order valence-electron chi connectivity index (χ4n) is 4.55. The zero-order valence-corrected chi connectivity index (χ0v) is 21.1. The maximum atomic E-state index is 13.5. The van der Waals surface area contributed by atoms with Gasteiger partial charge in [0.2, 0.25) is 5.91 Å². The first-order chi connectivity index (χ1) is 16.6. The van der Waals surface area contributed by atoms with E-state index in [2.05, 4.69) is 5.32 Å². The quantitative estimate of drug-likeness (QED) is 0.482. The SMILES string of the molecule is Cc1cccc(NC(=O)CN2C(=O)/C(=C3\SC(=S)N([C@H]4CCS(=O)(=O)C4)C3=O)c3ccccc32)c1. The maximum absolute atomic E-state index is 13.5. The number of benzene rings is 2. The molecule has 3 aliphatic rings. The number of nitrogens with one attached hydrogen (secondary N) is 1. The highest BCUT2D eigenvalue weighted by Crippen LogP contribution is 2.45. The molecule has 0 aromatic heterocycles. The number of aryl methyl sites for hydroxylation is 1. The normalized spacial score (nSPS) is 23.2. The molecule has 8 nitrogen and oxygen atoms in total. The van der Waals surface area contributed by atoms with E-state index in [0.29, 0.717) is 23.4 Å². The molecule has 2 saturated heterocycles. The fourth-order valence-corrected chi connectivity index (χ4v) is 7.72. The van der Waals surface area contributed by atoms with Crippen molar-refractivity contribution in [3.05, 3.63) is 64.6 Å². The van der Waals surface area contributed by atoms with Crippen LogP contribution in [0.3, 0.4) is 0 Å². The van der Waals surface area contributed by atoms with E-state index >= 15 is 0 Å². The Morgan fingerprint density at radius 3 is 2.63 bits per heavy atom. The lowest BCUT2D eigenvalue weighted by atomic mass is 10.1. The minimum absolute atomic E-state index is 0.00617. The van der Waals surface area contributed by atoms with Gasteiger partial charge in [-0.3, -0.25) is 24.2 Å². The minimum Gasteiger partial charge on any atom is -0.325 e. The Hall–Kier alpha value is -3.02. The van der Waals surface area contributed by atoms with Gasteiger partial charge in [-0.1, -0.05) is 54.3 Å². The Labute approximate surface area is 212 Å². The molecule has 0 radical (unpaired) electrons. The molecule has 1 atom stereocenters. The summed E-state index contributed by atoms with van der Waals surface area (Å²) in [4.78, 5) is 42.5. The Morgan fingerprint density at radius 2 is 1.91 bits per heavy atom. The zero-order valence-electron chi connectivity index (χ0n) is 18.7. The van der Waals surface area contributed by atoms with Crippen molar-refractivity contribution in [3.63, 3.8) is 0 Å². The number of nitrogens with zero attached hydrogens (tertiary/aromatic N) is 2. The molecule has 1 N–H and O–H groups in total. The molecule has 0 unspecified atom stereocenters. The van der Waals surface area contributed by atoms with Crippen LogP contribution < -0.4 is 10.2 Å². The van der Waals surface area contributed by atoms with Gasteiger partial charge in [-0.2, -0.15) is 0 Å². The highest BCUT2D eigenvalue weighted by molar-refractivity contribution is 8.26. The number of fused-ring (bicyclic) bond motifs is 1. The summed E-state index contributed by atoms with van der Waals surface area (Å²) in [6.45, 7) is 1.69. The molecule has 180 valence electrons. The van der Waals surface area contributed by atoms with E-state index in [9.17, 15) is 22.8 Å². The second-order valence-corrected chi connectivity index (χ2v) is 12.5. The predicted octanol–water partition coefficient (Wildman–Crippen LogP) is 2.74. The van der Waals surface area contributed by atoms with Gasteiger partial charge in [0.05, 0.1) is 33.7 Å². The average Bonchev–Trinajstić information content (AvgIpc) is 3.39. The van der Waals surface area contributed by atoms with Crippen LogP contribution in [0.15, 0.2) is 53.4 Å². The number of carbonyl (C=O) groups is 3. The lowest BCUT2D eigenvalue weighted by molar-refractivity contribution is -0.123. The summed E-state index contributed by atoms with van der Waals surface area (Å²) >= 11 is 6.41. The number of carbonyl (C=O) groups excluding carboxylic acids is 3. The van der Waals surface area contributed by atoms with Gasteiger partial charge in [0.25, 0.3) is 11.8 Å². The smallest absolute Gasteiger partial charge is 0.267 e. The van der Waals surface area contributed by atoms with Crippen LogP contribution in [0, 0.1) is 6.92 Å². The largest absolute Gasteiger partial charge is 0.325 e. The molecule has 0 spiro atoms. The third kappa shape index (κ3) is 4.39. The van der Waals surface area contributed by atoms with E-state index in [0.717, 1.165) is 17.3 Å². The fraction of sp³-hybridized carbons (Fsp3) is 0.250. The van der Waals surface area contributed by atoms with E-state index in [1.807, 2.05) is 25.1 Å². The molecule has 5 rings (SSSR count). The topological polar surface area (TPSA) is 104 Å². The summed E-state index contributed by atoms with van der Waals surface area (Å²) in [5, 5.41) is 2.81. The predicted molar refractivity (Wildman–Crippen MR) is 140 cm³/mol. The summed E-state index contributed by atoms with van der Waals surface area (Å²) in [7, 11) is -3.23. The van der Waals surface area contributed by atoms with Gasteiger partial charge in [-0.05, 0) is 37.1 Å². The molecule has 2 fully saturated rings. The summed E-state index contributed by atoms with van der Waals surface area (Å²) in [5.41, 5.74) is 2.87. The first kappa shape index (κ1) is 23.7. The van der Waals surface area contributed by atoms with Crippen LogP contribution in [0.1, 0.15) is 17.5 Å². The third-order valence-electron chi connectivity index (χ3n) is 6.13. The van der Waals surface area contributed by atoms with E-state index < -0.39 is 27.7 Å². The molecule has 2 aromatic carbocycles. The molecular formula is C24H21N3O5S3. The Balaban J connectivity index is 1.45. The molecule has 0 aliphatic carbocycles. The van der Waals surface area contributed by atoms with Crippen molar-refractivity contribution in [1.29, 1.82) is 0 Å². The van der Waals surface area contributed by atoms with Gasteiger partial charge < -0.3 is 5.32 Å². The summed E-state index contributed by atoms with van der Waals surface area (Å²) in [6, 6.07) is 13.8. The molecule has 0 bridgehead atoms. The van der Waals surface area contributed by atoms with Crippen LogP contribution >= 0.6 is 24.0 Å². The lowest BCUT2D eigenvalue weighted by Gasteiger charge is -2.21. The van der Waals surface area contributed by atoms with Gasteiger partial charge in [0.15, 0.2) is 9.84 Å². The molecular weight excluding hydrogens is 506 g/mol. The zero-order chi connectivity index (χ0) is 24.9. The van der Waals surface area contributed by atoms with Gasteiger partial charge in [0.1, 0.15) is 10.9 Å². The van der Waals surface area contributed by atoms with E-state index in [1.165, 1.54) is 9.80 Å². The number of hydrogen-bond donors (Lipinski definition) is 1. The van der Waals surface area contributed by atoms with E-state index in [-0.39, 0.29) is 38.8 Å². The van der Waals surface area contributed by atoms with Crippen molar-refractivity contribution in [1.82, 2.24) is 4.90 Å². The van der Waals surface area contributed by atoms with Gasteiger partial charge in [-0.25, -0.2) is 8.42 Å². The summed E-state index contributed by atoms with van der Waals surface area (Å²) in [5.74, 6) is -1.44. The van der Waals surface area contributed by atoms with Crippen LogP contribution in [-0.2, 0) is 24.2 Å². The van der Waals surface area contributed by atoms with E-state index in [4.69, 9.17) is 12.2 Å². The molecule has 11 heteroatoms. The molecule has 3 amide bonds. The lowest BCUT2D eigenvalue weighted by Crippen LogP contribution is -2.39. The monoisotopic (exact) mass is 527 g/mol. The number of para-hydroxylation sites is 1. The first-order valence-corrected chi connectivity index (χ1v) is 14.0. The van der Waals surface area contributed by atoms with Crippen LogP contribution in [0.2, 0.25) is 0 Å². The number of hydrogen-bond acceptors (Lipinski definition) is 7. The Morgan fingerprint density at radius 1 is 1.14 bits per heavy atom. The Kier molecular flexibility index (Phi) is 6.02. The average molecular weight is 528 g/mol. The molecule has 3 aliphatic heterocycles. The Bertz CT molecular complexity index is 1430. The number of anilines is 2. The van der Waals surface area contributed by atoms with Crippen LogP contribution in [0.25, 0.3) is 5.57 Å². The van der Waals surface area contributed by atoms with Crippen LogP contribution in [-0.4, -0.2) is 59.5 Å². The number of thiocarbonyl (C=S) groups is 1. The second kappa shape index (κ2) is 8.89. The first-order valence-electron chi connectivity index (χ1n) is 10.9. The molecule has 35 heavy (non-hydrogen) atoms. The van der Waals surface area contributed by atoms with Crippen molar-refractivity contribution in [2.24, 2.45) is 0 Å². The van der Waals surface area contributed by atoms with Crippen molar-refractivity contribution in [2.45, 2.75) is 19.4 Å². The van der Waals surface area contributed by atoms with Gasteiger partial charge in [0, 0.05) is 11.3 Å². The summed E-state index contributed by atoms with van der Waals surface area (Å²) < 4.78 is 24.2. The van der Waals surface area contributed by atoms with Crippen molar-refractivity contribution < 1.29 is 22.8 Å². The number of thioether (sulfide) groups is 1. The van der Waals surface area contributed by atoms with Crippen molar-refractivity contribution in [2.75, 3.05) is 28.3 Å². The van der Waals surface area contributed by atoms with Crippen LogP contribution in [0.4, 0.5) is 11.4 Å². The van der Waals surface area contributed by atoms with Crippen molar-refractivity contribution in [3.8, 4) is 0 Å². The molecule has 2 aromatic rings. The van der Waals surface area contributed by atoms with Gasteiger partial charge in [-0.15, -0.1) is 0 Å². The maximum Gasteiger partial charge on any atom is 0.267 e. The highest BCUT2D eigenvalue weighted by Gasteiger charge is 2.46. The van der Waals surface area contributed by atoms with E-state index in [1.54, 1.807) is 30.3 Å².